The van der Waals surface area contributed by atoms with Gasteiger partial charge in [-0.2, -0.15) is 0 Å². The molecule has 6 nitrogen and oxygen atoms in total. The molecule has 25 heavy (non-hydrogen) atoms. The number of anilines is 1. The lowest BCUT2D eigenvalue weighted by Crippen LogP contribution is -2.29. The SMILES string of the molecule is CCC(C(=O)Nc1cccc(S(=O)(=O)NCCN)c1)c1ccccc1. The van der Waals surface area contributed by atoms with E-state index >= 15 is 0 Å². The van der Waals surface area contributed by atoms with Gasteiger partial charge in [0.2, 0.25) is 15.9 Å². The summed E-state index contributed by atoms with van der Waals surface area (Å²) < 4.78 is 26.7. The number of benzene rings is 2. The second-order valence-electron chi connectivity index (χ2n) is 5.58. The molecule has 0 aromatic heterocycles. The van der Waals surface area contributed by atoms with Crippen molar-refractivity contribution in [3.05, 3.63) is 60.2 Å². The predicted molar refractivity (Wildman–Crippen MR) is 98.8 cm³/mol. The number of carbonyl (C=O) groups excluding carboxylic acids is 1. The Labute approximate surface area is 148 Å². The number of carbonyl (C=O) groups is 1. The van der Waals surface area contributed by atoms with E-state index in [4.69, 9.17) is 5.73 Å². The zero-order valence-electron chi connectivity index (χ0n) is 14.1. The van der Waals surface area contributed by atoms with E-state index in [2.05, 4.69) is 10.0 Å². The topological polar surface area (TPSA) is 101 Å². The number of hydrogen-bond donors (Lipinski definition) is 3. The molecule has 0 radical (unpaired) electrons. The van der Waals surface area contributed by atoms with E-state index in [-0.39, 0.29) is 29.8 Å². The van der Waals surface area contributed by atoms with Gasteiger partial charge in [0.25, 0.3) is 0 Å². The van der Waals surface area contributed by atoms with E-state index in [1.165, 1.54) is 12.1 Å². The zero-order valence-corrected chi connectivity index (χ0v) is 14.9. The summed E-state index contributed by atoms with van der Waals surface area (Å²) in [6.45, 7) is 2.31. The van der Waals surface area contributed by atoms with Crippen LogP contribution in [0.15, 0.2) is 59.5 Å². The normalized spacial score (nSPS) is 12.6. The van der Waals surface area contributed by atoms with Crippen LogP contribution in [0.4, 0.5) is 5.69 Å². The van der Waals surface area contributed by atoms with Crippen LogP contribution in [0.25, 0.3) is 0 Å². The van der Waals surface area contributed by atoms with Gasteiger partial charge < -0.3 is 11.1 Å². The molecule has 7 heteroatoms. The second-order valence-corrected chi connectivity index (χ2v) is 7.34. The van der Waals surface area contributed by atoms with Gasteiger partial charge >= 0.3 is 0 Å². The van der Waals surface area contributed by atoms with E-state index in [0.29, 0.717) is 12.1 Å². The fourth-order valence-corrected chi connectivity index (χ4v) is 3.60. The number of amides is 1. The molecule has 134 valence electrons. The van der Waals surface area contributed by atoms with E-state index in [1.807, 2.05) is 37.3 Å². The van der Waals surface area contributed by atoms with Crippen molar-refractivity contribution in [3.8, 4) is 0 Å². The first-order chi connectivity index (χ1) is 12.0. The Hall–Kier alpha value is -2.22. The summed E-state index contributed by atoms with van der Waals surface area (Å²) in [6, 6.07) is 15.7. The van der Waals surface area contributed by atoms with E-state index < -0.39 is 10.0 Å². The van der Waals surface area contributed by atoms with Gasteiger partial charge in [0.1, 0.15) is 0 Å². The molecule has 4 N–H and O–H groups in total. The number of nitrogens with two attached hydrogens (primary N) is 1. The van der Waals surface area contributed by atoms with Crippen LogP contribution in [0, 0.1) is 0 Å². The third kappa shape index (κ3) is 5.12. The highest BCUT2D eigenvalue weighted by molar-refractivity contribution is 7.89. The van der Waals surface area contributed by atoms with Crippen molar-refractivity contribution in [1.29, 1.82) is 0 Å². The van der Waals surface area contributed by atoms with Crippen LogP contribution in [0.2, 0.25) is 0 Å². The highest BCUT2D eigenvalue weighted by Crippen LogP contribution is 2.22. The van der Waals surface area contributed by atoms with Gasteiger partial charge in [-0.25, -0.2) is 13.1 Å². The Balaban J connectivity index is 2.17. The zero-order chi connectivity index (χ0) is 18.3. The molecule has 0 saturated heterocycles. The third-order valence-corrected chi connectivity index (χ3v) is 5.23. The first kappa shape index (κ1) is 19.1. The fourth-order valence-electron chi connectivity index (χ4n) is 2.50. The van der Waals surface area contributed by atoms with Crippen molar-refractivity contribution >= 4 is 21.6 Å². The molecule has 1 amide bonds. The predicted octanol–water partition coefficient (Wildman–Crippen LogP) is 2.06. The van der Waals surface area contributed by atoms with E-state index in [0.717, 1.165) is 5.56 Å². The molecule has 0 aliphatic carbocycles. The summed E-state index contributed by atoms with van der Waals surface area (Å²) in [5.41, 5.74) is 6.70. The van der Waals surface area contributed by atoms with Gasteiger partial charge in [-0.1, -0.05) is 43.3 Å². The molecule has 2 aromatic carbocycles. The van der Waals surface area contributed by atoms with Crippen molar-refractivity contribution in [3.63, 3.8) is 0 Å². The monoisotopic (exact) mass is 361 g/mol. The summed E-state index contributed by atoms with van der Waals surface area (Å²) in [7, 11) is -3.64. The van der Waals surface area contributed by atoms with E-state index in [1.54, 1.807) is 12.1 Å². The summed E-state index contributed by atoms with van der Waals surface area (Å²) in [4.78, 5) is 12.7. The first-order valence-electron chi connectivity index (χ1n) is 8.13. The lowest BCUT2D eigenvalue weighted by atomic mass is 9.95. The first-order valence-corrected chi connectivity index (χ1v) is 9.62. The molecule has 0 saturated carbocycles. The van der Waals surface area contributed by atoms with Crippen molar-refractivity contribution in [2.45, 2.75) is 24.2 Å². The molecule has 2 rings (SSSR count). The third-order valence-electron chi connectivity index (χ3n) is 3.77. The summed E-state index contributed by atoms with van der Waals surface area (Å²) in [5, 5.41) is 2.80. The van der Waals surface area contributed by atoms with Gasteiger partial charge in [-0.05, 0) is 30.2 Å². The van der Waals surface area contributed by atoms with Gasteiger partial charge in [-0.3, -0.25) is 4.79 Å². The minimum Gasteiger partial charge on any atom is -0.329 e. The Kier molecular flexibility index (Phi) is 6.69. The number of nitrogens with one attached hydrogen (secondary N) is 2. The molecule has 0 aliphatic heterocycles. The summed E-state index contributed by atoms with van der Waals surface area (Å²) in [5.74, 6) is -0.463. The van der Waals surface area contributed by atoms with Crippen LogP contribution in [0.1, 0.15) is 24.8 Å². The lowest BCUT2D eigenvalue weighted by Gasteiger charge is -2.16. The molecule has 1 atom stereocenters. The van der Waals surface area contributed by atoms with Gasteiger partial charge in [0.05, 0.1) is 10.8 Å². The van der Waals surface area contributed by atoms with Crippen molar-refractivity contribution in [2.24, 2.45) is 5.73 Å². The van der Waals surface area contributed by atoms with Crippen LogP contribution in [0.3, 0.4) is 0 Å². The Morgan fingerprint density at radius 3 is 2.48 bits per heavy atom. The number of sulfonamides is 1. The maximum atomic E-state index is 12.6. The Bertz CT molecular complexity index is 807. The minimum absolute atomic E-state index is 0.0894. The molecule has 2 aromatic rings. The smallest absolute Gasteiger partial charge is 0.240 e. The minimum atomic E-state index is -3.64. The van der Waals surface area contributed by atoms with Crippen LogP contribution in [-0.2, 0) is 14.8 Å². The summed E-state index contributed by atoms with van der Waals surface area (Å²) in [6.07, 6.45) is 0.645. The highest BCUT2D eigenvalue weighted by Gasteiger charge is 2.19. The standard InChI is InChI=1S/C18H23N3O3S/c1-2-17(14-7-4-3-5-8-14)18(22)21-15-9-6-10-16(13-15)25(23,24)20-12-11-19/h3-10,13,17,20H,2,11-12,19H2,1H3,(H,21,22). The summed E-state index contributed by atoms with van der Waals surface area (Å²) >= 11 is 0. The largest absolute Gasteiger partial charge is 0.329 e. The molecule has 1 unspecified atom stereocenters. The van der Waals surface area contributed by atoms with Crippen molar-refractivity contribution in [1.82, 2.24) is 4.72 Å². The number of hydrogen-bond acceptors (Lipinski definition) is 4. The number of rotatable bonds is 8. The molecule has 0 fully saturated rings. The second kappa shape index (κ2) is 8.75. The fraction of sp³-hybridized carbons (Fsp3) is 0.278. The maximum Gasteiger partial charge on any atom is 0.240 e. The van der Waals surface area contributed by atoms with Gasteiger partial charge in [0.15, 0.2) is 0 Å². The Morgan fingerprint density at radius 1 is 1.12 bits per heavy atom. The van der Waals surface area contributed by atoms with Gasteiger partial charge in [-0.15, -0.1) is 0 Å². The lowest BCUT2D eigenvalue weighted by molar-refractivity contribution is -0.117. The molecule has 0 spiro atoms. The Morgan fingerprint density at radius 2 is 1.84 bits per heavy atom. The molecule has 0 bridgehead atoms. The van der Waals surface area contributed by atoms with Crippen LogP contribution in [0.5, 0.6) is 0 Å². The van der Waals surface area contributed by atoms with E-state index in [9.17, 15) is 13.2 Å². The average molecular weight is 361 g/mol. The van der Waals surface area contributed by atoms with Crippen molar-refractivity contribution < 1.29 is 13.2 Å². The van der Waals surface area contributed by atoms with Gasteiger partial charge in [0, 0.05) is 18.8 Å². The van der Waals surface area contributed by atoms with Crippen LogP contribution >= 0.6 is 0 Å². The molecular weight excluding hydrogens is 338 g/mol. The maximum absolute atomic E-state index is 12.6. The molecule has 0 aliphatic rings. The van der Waals surface area contributed by atoms with Crippen LogP contribution in [-0.4, -0.2) is 27.4 Å². The highest BCUT2D eigenvalue weighted by atomic mass is 32.2. The molecular formula is C18H23N3O3S. The quantitative estimate of drug-likeness (QED) is 0.670. The van der Waals surface area contributed by atoms with Crippen LogP contribution < -0.4 is 15.8 Å². The average Bonchev–Trinajstić information content (AvgIpc) is 2.62. The molecule has 0 heterocycles. The van der Waals surface area contributed by atoms with Crippen molar-refractivity contribution in [2.75, 3.05) is 18.4 Å².